The molecule has 12 aromatic carbocycles. The summed E-state index contributed by atoms with van der Waals surface area (Å²) in [5, 5.41) is 2.31. The molecule has 2 heterocycles. The largest absolute Gasteiger partial charge is 0.307 e. The van der Waals surface area contributed by atoms with Crippen LogP contribution in [-0.4, -0.2) is 19.5 Å². The van der Waals surface area contributed by atoms with Crippen LogP contribution in [0.4, 0.5) is 0 Å². The van der Waals surface area contributed by atoms with Gasteiger partial charge in [0.1, 0.15) is 0 Å². The minimum Gasteiger partial charge on any atom is -0.307 e. The first-order valence-electron chi connectivity index (χ1n) is 26.8. The Hall–Kier alpha value is -10.6. The summed E-state index contributed by atoms with van der Waals surface area (Å²) in [7, 11) is 0. The molecule has 4 heteroatoms. The van der Waals surface area contributed by atoms with Crippen LogP contribution in [0.25, 0.3) is 140 Å². The van der Waals surface area contributed by atoms with Gasteiger partial charge in [0.25, 0.3) is 0 Å². The zero-order valence-corrected chi connectivity index (χ0v) is 43.2. The van der Waals surface area contributed by atoms with Gasteiger partial charge in [-0.2, -0.15) is 0 Å². The zero-order valence-electron chi connectivity index (χ0n) is 43.2. The third kappa shape index (κ3) is 9.07. The molecule has 370 valence electrons. The Kier molecular flexibility index (Phi) is 12.2. The van der Waals surface area contributed by atoms with Crippen molar-refractivity contribution in [2.24, 2.45) is 0 Å². The Bertz CT molecular complexity index is 4290. The minimum atomic E-state index is 0.579. The van der Waals surface area contributed by atoms with Gasteiger partial charge in [-0.25, -0.2) is 15.0 Å². The Morgan fingerprint density at radius 3 is 0.924 bits per heavy atom. The number of hydrogen-bond donors (Lipinski definition) is 0. The summed E-state index contributed by atoms with van der Waals surface area (Å²) in [4.78, 5) is 15.9. The molecule has 0 radical (unpaired) electrons. The molecule has 0 spiro atoms. The Morgan fingerprint density at radius 2 is 0.494 bits per heavy atom. The molecule has 0 aliphatic rings. The van der Waals surface area contributed by atoms with E-state index in [2.05, 4.69) is 271 Å². The van der Waals surface area contributed by atoms with E-state index >= 15 is 0 Å². The molecule has 0 aliphatic carbocycles. The molecule has 4 nitrogen and oxygen atoms in total. The third-order valence-electron chi connectivity index (χ3n) is 15.1. The van der Waals surface area contributed by atoms with Crippen LogP contribution < -0.4 is 0 Å². The third-order valence-corrected chi connectivity index (χ3v) is 15.1. The fourth-order valence-corrected chi connectivity index (χ4v) is 11.2. The summed E-state index contributed by atoms with van der Waals surface area (Å²) in [6.07, 6.45) is 0. The number of nitrogens with zero attached hydrogens (tertiary/aromatic N) is 4. The van der Waals surface area contributed by atoms with Gasteiger partial charge >= 0.3 is 0 Å². The van der Waals surface area contributed by atoms with E-state index in [0.717, 1.165) is 122 Å². The summed E-state index contributed by atoms with van der Waals surface area (Å²) >= 11 is 0. The van der Waals surface area contributed by atoms with E-state index in [0.29, 0.717) is 17.5 Å². The zero-order chi connectivity index (χ0) is 52.5. The first-order chi connectivity index (χ1) is 39.2. The highest BCUT2D eigenvalue weighted by molar-refractivity contribution is 6.17. The SMILES string of the molecule is c1ccc(-c2ccc(-c3cc(-c4nc(-c5ccccc5)nc(-c5ccccc5)n4)cc(-c4ccc(-c5ccccc5)cc4)c3-n3c4ccc(-c5ccccc5)cc4c4cc(-c5ccccc5)cc(-c5ccccc5)c43)cc2)cc1. The molecule has 0 amide bonds. The molecule has 0 fully saturated rings. The summed E-state index contributed by atoms with van der Waals surface area (Å²) in [6.45, 7) is 0. The van der Waals surface area contributed by atoms with Crippen LogP contribution in [0.1, 0.15) is 0 Å². The highest BCUT2D eigenvalue weighted by atomic mass is 15.0. The number of hydrogen-bond acceptors (Lipinski definition) is 3. The predicted octanol–water partition coefficient (Wildman–Crippen LogP) is 19.6. The van der Waals surface area contributed by atoms with E-state index in [9.17, 15) is 0 Å². The lowest BCUT2D eigenvalue weighted by Gasteiger charge is -2.22. The van der Waals surface area contributed by atoms with Crippen molar-refractivity contribution in [3.8, 4) is 118 Å². The van der Waals surface area contributed by atoms with Crippen LogP contribution in [0.2, 0.25) is 0 Å². The van der Waals surface area contributed by atoms with Gasteiger partial charge in [0.15, 0.2) is 17.5 Å². The fourth-order valence-electron chi connectivity index (χ4n) is 11.2. The quantitative estimate of drug-likeness (QED) is 0.130. The van der Waals surface area contributed by atoms with Crippen LogP contribution in [0.15, 0.2) is 303 Å². The molecule has 0 N–H and O–H groups in total. The molecular formula is C75H50N4. The van der Waals surface area contributed by atoms with Crippen molar-refractivity contribution >= 4 is 21.8 Å². The summed E-state index contributed by atoms with van der Waals surface area (Å²) < 4.78 is 2.55. The van der Waals surface area contributed by atoms with Crippen LogP contribution in [0.3, 0.4) is 0 Å². The van der Waals surface area contributed by atoms with E-state index in [1.807, 2.05) is 36.4 Å². The van der Waals surface area contributed by atoms with Crippen molar-refractivity contribution in [2.45, 2.75) is 0 Å². The van der Waals surface area contributed by atoms with Crippen LogP contribution in [0, 0.1) is 0 Å². The maximum absolute atomic E-state index is 5.37. The first kappa shape index (κ1) is 46.9. The summed E-state index contributed by atoms with van der Waals surface area (Å²) in [5.41, 5.74) is 21.6. The molecule has 0 atom stereocenters. The fraction of sp³-hybridized carbons (Fsp3) is 0. The van der Waals surface area contributed by atoms with E-state index in [4.69, 9.17) is 15.0 Å². The molecule has 14 aromatic rings. The molecule has 0 aliphatic heterocycles. The van der Waals surface area contributed by atoms with E-state index in [-0.39, 0.29) is 0 Å². The van der Waals surface area contributed by atoms with E-state index in [1.165, 1.54) is 0 Å². The van der Waals surface area contributed by atoms with Gasteiger partial charge in [0, 0.05) is 44.2 Å². The second-order valence-corrected chi connectivity index (χ2v) is 19.9. The maximum Gasteiger partial charge on any atom is 0.164 e. The van der Waals surface area contributed by atoms with Gasteiger partial charge < -0.3 is 4.57 Å². The highest BCUT2D eigenvalue weighted by Gasteiger charge is 2.26. The standard InChI is InChI=1S/C75H50N4/c1-8-22-51(23-9-1)55-36-40-58(41-37-55)66-49-64(75-77-73(60-32-18-6-19-33-60)76-74(78-75)61-34-20-7-21-35-61)50-67(59-42-38-56(39-43-59)52-24-10-2-11-25-52)71(66)79-70-45-44-62(53-26-12-3-13-27-53)46-68(70)69-48-63(54-28-14-4-15-29-54)47-65(72(69)79)57-30-16-5-17-31-57/h1-50H. The van der Waals surface area contributed by atoms with Gasteiger partial charge in [0.2, 0.25) is 0 Å². The van der Waals surface area contributed by atoms with Gasteiger partial charge in [-0.05, 0) is 97.6 Å². The Labute approximate surface area is 460 Å². The Balaban J connectivity index is 1.13. The predicted molar refractivity (Wildman–Crippen MR) is 329 cm³/mol. The van der Waals surface area contributed by atoms with Crippen LogP contribution in [-0.2, 0) is 0 Å². The monoisotopic (exact) mass is 1010 g/mol. The summed E-state index contributed by atoms with van der Waals surface area (Å²) in [6, 6.07) is 109. The smallest absolute Gasteiger partial charge is 0.164 e. The van der Waals surface area contributed by atoms with Crippen LogP contribution >= 0.6 is 0 Å². The second kappa shape index (κ2) is 20.5. The number of aromatic nitrogens is 4. The highest BCUT2D eigenvalue weighted by Crippen LogP contribution is 2.48. The molecule has 0 unspecified atom stereocenters. The number of benzene rings is 12. The lowest BCUT2D eigenvalue weighted by atomic mass is 9.90. The lowest BCUT2D eigenvalue weighted by molar-refractivity contribution is 1.07. The van der Waals surface area contributed by atoms with E-state index < -0.39 is 0 Å². The number of rotatable bonds is 11. The average Bonchev–Trinajstić information content (AvgIpc) is 4.07. The van der Waals surface area contributed by atoms with Gasteiger partial charge in [-0.3, -0.25) is 0 Å². The van der Waals surface area contributed by atoms with Gasteiger partial charge in [-0.1, -0.05) is 267 Å². The topological polar surface area (TPSA) is 43.6 Å². The Morgan fingerprint density at radius 1 is 0.203 bits per heavy atom. The first-order valence-corrected chi connectivity index (χ1v) is 26.8. The van der Waals surface area contributed by atoms with Gasteiger partial charge in [-0.15, -0.1) is 0 Å². The van der Waals surface area contributed by atoms with Crippen molar-refractivity contribution in [3.05, 3.63) is 303 Å². The molecule has 0 bridgehead atoms. The minimum absolute atomic E-state index is 0.579. The summed E-state index contributed by atoms with van der Waals surface area (Å²) in [5.74, 6) is 1.79. The lowest BCUT2D eigenvalue weighted by Crippen LogP contribution is -2.05. The second-order valence-electron chi connectivity index (χ2n) is 19.9. The van der Waals surface area contributed by atoms with Gasteiger partial charge in [0.05, 0.1) is 16.7 Å². The normalized spacial score (nSPS) is 11.3. The van der Waals surface area contributed by atoms with Crippen molar-refractivity contribution < 1.29 is 0 Å². The molecule has 2 aromatic heterocycles. The van der Waals surface area contributed by atoms with E-state index in [1.54, 1.807) is 0 Å². The van der Waals surface area contributed by atoms with Crippen molar-refractivity contribution in [1.29, 1.82) is 0 Å². The molecule has 0 saturated carbocycles. The molecule has 14 rings (SSSR count). The van der Waals surface area contributed by atoms with Crippen LogP contribution in [0.5, 0.6) is 0 Å². The molecule has 79 heavy (non-hydrogen) atoms. The van der Waals surface area contributed by atoms with Crippen molar-refractivity contribution in [2.75, 3.05) is 0 Å². The average molecular weight is 1010 g/mol. The van der Waals surface area contributed by atoms with Crippen molar-refractivity contribution in [1.82, 2.24) is 19.5 Å². The maximum atomic E-state index is 5.37. The molecular weight excluding hydrogens is 957 g/mol. The molecule has 0 saturated heterocycles. The number of fused-ring (bicyclic) bond motifs is 3. The van der Waals surface area contributed by atoms with Crippen molar-refractivity contribution in [3.63, 3.8) is 0 Å².